The van der Waals surface area contributed by atoms with Crippen LogP contribution in [0.3, 0.4) is 0 Å². The van der Waals surface area contributed by atoms with Crippen molar-refractivity contribution < 1.29 is 22.7 Å². The molecule has 0 spiro atoms. The smallest absolute Gasteiger partial charge is 0.404 e. The van der Waals surface area contributed by atoms with Crippen LogP contribution < -0.4 is 5.32 Å². The minimum absolute atomic E-state index is 0.0156. The molecule has 1 amide bonds. The lowest BCUT2D eigenvalue weighted by atomic mass is 10.1. The SMILES string of the molecule is Cc1cc(F)ccc1-c1cc(CCNC(=O)O)cn1S(=O)(=O)c1cccnc1. The number of nitrogens with zero attached hydrogens (tertiary/aromatic N) is 2. The van der Waals surface area contributed by atoms with Gasteiger partial charge in [-0.2, -0.15) is 0 Å². The van der Waals surface area contributed by atoms with Crippen molar-refractivity contribution in [2.24, 2.45) is 0 Å². The van der Waals surface area contributed by atoms with E-state index in [0.29, 0.717) is 28.8 Å². The summed E-state index contributed by atoms with van der Waals surface area (Å²) in [6.07, 6.45) is 3.32. The zero-order chi connectivity index (χ0) is 20.3. The summed E-state index contributed by atoms with van der Waals surface area (Å²) >= 11 is 0. The topological polar surface area (TPSA) is 101 Å². The van der Waals surface area contributed by atoms with Crippen LogP contribution >= 0.6 is 0 Å². The lowest BCUT2D eigenvalue weighted by molar-refractivity contribution is 0.194. The lowest BCUT2D eigenvalue weighted by Gasteiger charge is -2.12. The summed E-state index contributed by atoms with van der Waals surface area (Å²) in [5.41, 5.74) is 2.13. The predicted molar refractivity (Wildman–Crippen MR) is 101 cm³/mol. The Morgan fingerprint density at radius 2 is 2.07 bits per heavy atom. The molecule has 146 valence electrons. The molecular formula is C19H18FN3O4S. The summed E-state index contributed by atoms with van der Waals surface area (Å²) in [6, 6.07) is 8.75. The van der Waals surface area contributed by atoms with Crippen molar-refractivity contribution in [1.29, 1.82) is 0 Å². The number of carbonyl (C=O) groups is 1. The minimum atomic E-state index is -3.94. The first-order chi connectivity index (χ1) is 13.3. The average Bonchev–Trinajstić information content (AvgIpc) is 3.07. The molecule has 0 aliphatic heterocycles. The third-order valence-electron chi connectivity index (χ3n) is 4.19. The Kier molecular flexibility index (Phi) is 5.46. The van der Waals surface area contributed by atoms with Gasteiger partial charge in [0, 0.05) is 30.7 Å². The van der Waals surface area contributed by atoms with Crippen LogP contribution in [0.15, 0.2) is 59.9 Å². The summed E-state index contributed by atoms with van der Waals surface area (Å²) in [4.78, 5) is 14.5. The lowest BCUT2D eigenvalue weighted by Crippen LogP contribution is -2.23. The molecule has 2 aromatic heterocycles. The maximum atomic E-state index is 13.5. The molecule has 0 bridgehead atoms. The summed E-state index contributed by atoms with van der Waals surface area (Å²) in [7, 11) is -3.94. The number of pyridine rings is 1. The second-order valence-corrected chi connectivity index (χ2v) is 7.98. The molecule has 0 saturated carbocycles. The number of amides is 1. The highest BCUT2D eigenvalue weighted by atomic mass is 32.2. The number of carboxylic acid groups (broad SMARTS) is 1. The Morgan fingerprint density at radius 3 is 2.71 bits per heavy atom. The van der Waals surface area contributed by atoms with Crippen LogP contribution in [0.25, 0.3) is 11.3 Å². The van der Waals surface area contributed by atoms with Gasteiger partial charge in [0.15, 0.2) is 0 Å². The number of nitrogens with one attached hydrogen (secondary N) is 1. The van der Waals surface area contributed by atoms with Crippen molar-refractivity contribution in [1.82, 2.24) is 14.3 Å². The maximum absolute atomic E-state index is 13.5. The van der Waals surface area contributed by atoms with E-state index in [1.165, 1.54) is 48.9 Å². The third-order valence-corrected chi connectivity index (χ3v) is 5.85. The highest BCUT2D eigenvalue weighted by molar-refractivity contribution is 7.90. The highest BCUT2D eigenvalue weighted by Crippen LogP contribution is 2.29. The van der Waals surface area contributed by atoms with E-state index < -0.39 is 21.9 Å². The van der Waals surface area contributed by atoms with Gasteiger partial charge >= 0.3 is 6.09 Å². The molecule has 0 fully saturated rings. The first-order valence-electron chi connectivity index (χ1n) is 8.39. The second-order valence-electron chi connectivity index (χ2n) is 6.16. The fourth-order valence-electron chi connectivity index (χ4n) is 2.87. The Morgan fingerprint density at radius 1 is 1.29 bits per heavy atom. The summed E-state index contributed by atoms with van der Waals surface area (Å²) in [5, 5.41) is 11.0. The van der Waals surface area contributed by atoms with Crippen molar-refractivity contribution >= 4 is 16.1 Å². The number of hydrogen-bond acceptors (Lipinski definition) is 4. The van der Waals surface area contributed by atoms with E-state index in [2.05, 4.69) is 10.3 Å². The summed E-state index contributed by atoms with van der Waals surface area (Å²) in [6.45, 7) is 1.83. The fourth-order valence-corrected chi connectivity index (χ4v) is 4.23. The Bertz CT molecular complexity index is 1110. The molecule has 0 radical (unpaired) electrons. The van der Waals surface area contributed by atoms with Gasteiger partial charge in [0.1, 0.15) is 10.7 Å². The van der Waals surface area contributed by atoms with Crippen LogP contribution in [0.1, 0.15) is 11.1 Å². The molecule has 0 aliphatic carbocycles. The minimum Gasteiger partial charge on any atom is -0.465 e. The van der Waals surface area contributed by atoms with Crippen LogP contribution in [0, 0.1) is 12.7 Å². The second kappa shape index (κ2) is 7.81. The zero-order valence-electron chi connectivity index (χ0n) is 15.0. The molecule has 3 rings (SSSR count). The molecule has 2 N–H and O–H groups in total. The third kappa shape index (κ3) is 4.04. The fraction of sp³-hybridized carbons (Fsp3) is 0.158. The van der Waals surface area contributed by atoms with Crippen LogP contribution in [0.2, 0.25) is 0 Å². The highest BCUT2D eigenvalue weighted by Gasteiger charge is 2.23. The number of aryl methyl sites for hydroxylation is 1. The van der Waals surface area contributed by atoms with Crippen LogP contribution in [-0.2, 0) is 16.4 Å². The molecule has 9 heteroatoms. The summed E-state index contributed by atoms with van der Waals surface area (Å²) < 4.78 is 40.9. The van der Waals surface area contributed by atoms with Crippen molar-refractivity contribution in [3.63, 3.8) is 0 Å². The number of aromatic nitrogens is 2. The van der Waals surface area contributed by atoms with E-state index in [1.54, 1.807) is 13.0 Å². The molecule has 0 unspecified atom stereocenters. The van der Waals surface area contributed by atoms with Gasteiger partial charge in [-0.1, -0.05) is 0 Å². The molecule has 7 nitrogen and oxygen atoms in total. The van der Waals surface area contributed by atoms with Gasteiger partial charge in [-0.05, 0) is 60.9 Å². The van der Waals surface area contributed by atoms with Gasteiger partial charge in [0.2, 0.25) is 0 Å². The molecule has 3 aromatic rings. The zero-order valence-corrected chi connectivity index (χ0v) is 15.8. The van der Waals surface area contributed by atoms with Crippen LogP contribution in [-0.4, -0.2) is 35.1 Å². The number of hydrogen-bond donors (Lipinski definition) is 2. The Hall–Kier alpha value is -3.20. The van der Waals surface area contributed by atoms with E-state index in [-0.39, 0.29) is 11.4 Å². The first-order valence-corrected chi connectivity index (χ1v) is 9.83. The van der Waals surface area contributed by atoms with E-state index in [4.69, 9.17) is 5.11 Å². The van der Waals surface area contributed by atoms with Crippen molar-refractivity contribution in [3.05, 3.63) is 71.9 Å². The predicted octanol–water partition coefficient (Wildman–Crippen LogP) is 3.04. The van der Waals surface area contributed by atoms with E-state index in [0.717, 1.165) is 3.97 Å². The normalized spacial score (nSPS) is 11.4. The first kappa shape index (κ1) is 19.6. The van der Waals surface area contributed by atoms with Gasteiger partial charge < -0.3 is 10.4 Å². The number of rotatable bonds is 6. The molecule has 0 aliphatic rings. The largest absolute Gasteiger partial charge is 0.465 e. The molecule has 0 atom stereocenters. The van der Waals surface area contributed by atoms with E-state index >= 15 is 0 Å². The van der Waals surface area contributed by atoms with Crippen LogP contribution in [0.5, 0.6) is 0 Å². The van der Waals surface area contributed by atoms with E-state index in [1.807, 2.05) is 0 Å². The van der Waals surface area contributed by atoms with Crippen LogP contribution in [0.4, 0.5) is 9.18 Å². The van der Waals surface area contributed by atoms with Gasteiger partial charge in [-0.25, -0.2) is 21.6 Å². The molecule has 28 heavy (non-hydrogen) atoms. The number of halogens is 1. The van der Waals surface area contributed by atoms with Gasteiger partial charge in [-0.15, -0.1) is 0 Å². The quantitative estimate of drug-likeness (QED) is 0.659. The van der Waals surface area contributed by atoms with Crippen molar-refractivity contribution in [2.45, 2.75) is 18.2 Å². The van der Waals surface area contributed by atoms with E-state index in [9.17, 15) is 17.6 Å². The standard InChI is InChI=1S/C19H18FN3O4S/c1-13-9-15(20)4-5-17(13)18-10-14(6-8-22-19(24)25)12-23(18)28(26,27)16-3-2-7-21-11-16/h2-5,7,9-12,22H,6,8H2,1H3,(H,24,25). The summed E-state index contributed by atoms with van der Waals surface area (Å²) in [5.74, 6) is -0.416. The number of benzene rings is 1. The Labute approximate surface area is 161 Å². The maximum Gasteiger partial charge on any atom is 0.404 e. The van der Waals surface area contributed by atoms with Gasteiger partial charge in [0.25, 0.3) is 10.0 Å². The van der Waals surface area contributed by atoms with Gasteiger partial charge in [0.05, 0.1) is 5.69 Å². The molecule has 2 heterocycles. The molecule has 1 aromatic carbocycles. The van der Waals surface area contributed by atoms with Gasteiger partial charge in [-0.3, -0.25) is 4.98 Å². The molecule has 0 saturated heterocycles. The molecular weight excluding hydrogens is 385 g/mol. The van der Waals surface area contributed by atoms with Crippen molar-refractivity contribution in [3.8, 4) is 11.3 Å². The Balaban J connectivity index is 2.11. The monoisotopic (exact) mass is 403 g/mol. The average molecular weight is 403 g/mol. The van der Waals surface area contributed by atoms with Crippen molar-refractivity contribution in [2.75, 3.05) is 6.54 Å².